The van der Waals surface area contributed by atoms with Crippen molar-refractivity contribution in [2.45, 2.75) is 38.7 Å². The summed E-state index contributed by atoms with van der Waals surface area (Å²) in [7, 11) is 0. The number of thioether (sulfide) groups is 1. The van der Waals surface area contributed by atoms with Gasteiger partial charge in [0.05, 0.1) is 21.6 Å². The van der Waals surface area contributed by atoms with Crippen LogP contribution in [0.1, 0.15) is 47.3 Å². The number of thiocarbonyl (C=S) groups is 1. The van der Waals surface area contributed by atoms with E-state index in [2.05, 4.69) is 10.2 Å². The maximum absolute atomic E-state index is 13.7. The van der Waals surface area contributed by atoms with Crippen LogP contribution >= 0.6 is 24.0 Å². The van der Waals surface area contributed by atoms with Crippen molar-refractivity contribution < 1.29 is 55.4 Å². The highest BCUT2D eigenvalue weighted by molar-refractivity contribution is 8.26. The Morgan fingerprint density at radius 2 is 1.53 bits per heavy atom. The quantitative estimate of drug-likeness (QED) is 0.117. The zero-order valence-electron chi connectivity index (χ0n) is 29.3. The minimum atomic E-state index is -5.08. The van der Waals surface area contributed by atoms with Crippen LogP contribution in [0.5, 0.6) is 5.75 Å². The fourth-order valence-corrected chi connectivity index (χ4v) is 7.08. The van der Waals surface area contributed by atoms with Crippen LogP contribution in [0.15, 0.2) is 65.6 Å². The lowest BCUT2D eigenvalue weighted by Crippen LogP contribution is -2.51. The molecule has 55 heavy (non-hydrogen) atoms. The first-order valence-electron chi connectivity index (χ1n) is 16.8. The molecule has 2 heterocycles. The Morgan fingerprint density at radius 1 is 0.909 bits per heavy atom. The molecule has 0 unspecified atom stereocenters. The summed E-state index contributed by atoms with van der Waals surface area (Å²) in [6.07, 6.45) is -9.06. The molecule has 0 saturated carbocycles. The van der Waals surface area contributed by atoms with E-state index in [-0.39, 0.29) is 56.6 Å². The highest BCUT2D eigenvalue weighted by Gasteiger charge is 2.37. The topological polar surface area (TPSA) is 119 Å². The molecule has 2 saturated heterocycles. The molecule has 0 atom stereocenters. The van der Waals surface area contributed by atoms with Gasteiger partial charge in [-0.15, -0.1) is 0 Å². The van der Waals surface area contributed by atoms with Gasteiger partial charge in [0.15, 0.2) is 6.61 Å². The standard InChI is InChI=1S/C37H34F6N4O6S2/c1-21(2)45-11-13-46(14-12-45)32(49)20-53-29-8-5-23(24-16-26(36(38,39)40)19-27(17-24)37(41,42)43)15-25(29)18-30-33(50)47(35(54)55-30)10-9-31(48)44-28-6-3-22(4-7-28)34(51)52/h3-8,15-19,21H,9-14,20H2,1-2H3,(H,44,48)(H,51,52)/b30-18-. The van der Waals surface area contributed by atoms with Gasteiger partial charge >= 0.3 is 18.3 Å². The van der Waals surface area contributed by atoms with E-state index >= 15 is 0 Å². The van der Waals surface area contributed by atoms with Crippen molar-refractivity contribution in [2.75, 3.05) is 44.6 Å². The lowest BCUT2D eigenvalue weighted by Gasteiger charge is -2.36. The average molecular weight is 809 g/mol. The number of nitrogens with one attached hydrogen (secondary N) is 1. The van der Waals surface area contributed by atoms with Crippen LogP contribution in [0, 0.1) is 0 Å². The van der Waals surface area contributed by atoms with Gasteiger partial charge in [-0.1, -0.05) is 30.0 Å². The second-order valence-corrected chi connectivity index (χ2v) is 14.5. The van der Waals surface area contributed by atoms with Gasteiger partial charge in [-0.25, -0.2) is 4.79 Å². The van der Waals surface area contributed by atoms with Crippen LogP contribution in [0.2, 0.25) is 0 Å². The van der Waals surface area contributed by atoms with Crippen LogP contribution in [-0.2, 0) is 26.7 Å². The molecule has 10 nitrogen and oxygen atoms in total. The van der Waals surface area contributed by atoms with Gasteiger partial charge in [-0.2, -0.15) is 26.3 Å². The highest BCUT2D eigenvalue weighted by atomic mass is 32.2. The van der Waals surface area contributed by atoms with Gasteiger partial charge in [-0.3, -0.25) is 24.2 Å². The Morgan fingerprint density at radius 3 is 2.09 bits per heavy atom. The number of halogens is 6. The van der Waals surface area contributed by atoms with Crippen LogP contribution in [0.4, 0.5) is 32.0 Å². The van der Waals surface area contributed by atoms with Crippen molar-refractivity contribution in [3.63, 3.8) is 0 Å². The summed E-state index contributed by atoms with van der Waals surface area (Å²) in [4.78, 5) is 55.3. The van der Waals surface area contributed by atoms with E-state index in [9.17, 15) is 45.5 Å². The molecule has 2 aliphatic rings. The molecule has 0 spiro atoms. The van der Waals surface area contributed by atoms with E-state index in [1.807, 2.05) is 13.8 Å². The fourth-order valence-electron chi connectivity index (χ4n) is 5.78. The van der Waals surface area contributed by atoms with E-state index in [0.717, 1.165) is 16.7 Å². The van der Waals surface area contributed by atoms with Crippen LogP contribution in [0.25, 0.3) is 17.2 Å². The van der Waals surface area contributed by atoms with Crippen molar-refractivity contribution >= 4 is 63.8 Å². The molecule has 3 aromatic carbocycles. The molecule has 0 aromatic heterocycles. The number of carboxylic acid groups (broad SMARTS) is 1. The zero-order chi connectivity index (χ0) is 40.2. The summed E-state index contributed by atoms with van der Waals surface area (Å²) < 4.78 is 88.1. The van der Waals surface area contributed by atoms with Gasteiger partial charge < -0.3 is 20.1 Å². The average Bonchev–Trinajstić information content (AvgIpc) is 3.39. The van der Waals surface area contributed by atoms with E-state index in [4.69, 9.17) is 22.1 Å². The third-order valence-electron chi connectivity index (χ3n) is 8.82. The minimum Gasteiger partial charge on any atom is -0.483 e. The van der Waals surface area contributed by atoms with Crippen molar-refractivity contribution in [3.8, 4) is 16.9 Å². The minimum absolute atomic E-state index is 0.0211. The van der Waals surface area contributed by atoms with Crippen LogP contribution in [0.3, 0.4) is 0 Å². The normalized spacial score (nSPS) is 16.3. The number of carbonyl (C=O) groups excluding carboxylic acids is 3. The Balaban J connectivity index is 1.40. The number of hydrogen-bond acceptors (Lipinski definition) is 8. The van der Waals surface area contributed by atoms with Crippen molar-refractivity contribution in [1.29, 1.82) is 0 Å². The smallest absolute Gasteiger partial charge is 0.416 e. The SMILES string of the molecule is CC(C)N1CCN(C(=O)COc2ccc(-c3cc(C(F)(F)F)cc(C(F)(F)F)c3)cc2/C=C2\SC(=S)N(CCC(=O)Nc3ccc(C(=O)O)cc3)C2=O)CC1. The Bertz CT molecular complexity index is 1980. The Hall–Kier alpha value is -4.94. The maximum atomic E-state index is 13.7. The summed E-state index contributed by atoms with van der Waals surface area (Å²) in [5.41, 5.74) is -3.06. The summed E-state index contributed by atoms with van der Waals surface area (Å²) in [6.45, 7) is 5.75. The number of nitrogens with zero attached hydrogens (tertiary/aromatic N) is 3. The number of aromatic carboxylic acids is 1. The van der Waals surface area contributed by atoms with Gasteiger partial charge in [0.1, 0.15) is 10.1 Å². The second kappa shape index (κ2) is 16.8. The summed E-state index contributed by atoms with van der Waals surface area (Å²) in [5, 5.41) is 11.7. The number of carboxylic acids is 1. The molecular weight excluding hydrogens is 775 g/mol. The molecule has 292 valence electrons. The molecule has 18 heteroatoms. The van der Waals surface area contributed by atoms with Crippen LogP contribution in [-0.4, -0.2) is 93.2 Å². The molecule has 5 rings (SSSR count). The first-order chi connectivity index (χ1) is 25.8. The monoisotopic (exact) mass is 808 g/mol. The number of benzene rings is 3. The van der Waals surface area contributed by atoms with E-state index in [1.54, 1.807) is 4.90 Å². The summed E-state index contributed by atoms with van der Waals surface area (Å²) in [5.74, 6) is -2.57. The molecule has 2 aliphatic heterocycles. The van der Waals surface area contributed by atoms with Gasteiger partial charge in [0.25, 0.3) is 11.8 Å². The molecule has 3 amide bonds. The molecule has 0 aliphatic carbocycles. The Labute approximate surface area is 321 Å². The van der Waals surface area contributed by atoms with Gasteiger partial charge in [0, 0.05) is 56.4 Å². The fraction of sp³-hybridized carbons (Fsp3) is 0.324. The van der Waals surface area contributed by atoms with E-state index in [1.165, 1.54) is 48.5 Å². The first kappa shape index (κ1) is 41.2. The molecule has 2 fully saturated rings. The third kappa shape index (κ3) is 10.4. The van der Waals surface area contributed by atoms with Gasteiger partial charge in [-0.05, 0) is 85.6 Å². The second-order valence-electron chi connectivity index (χ2n) is 12.9. The van der Waals surface area contributed by atoms with Gasteiger partial charge in [0.2, 0.25) is 5.91 Å². The number of amides is 3. The number of piperazine rings is 1. The maximum Gasteiger partial charge on any atom is 0.416 e. The Kier molecular flexibility index (Phi) is 12.6. The number of hydrogen-bond donors (Lipinski definition) is 2. The zero-order valence-corrected chi connectivity index (χ0v) is 30.9. The van der Waals surface area contributed by atoms with Crippen molar-refractivity contribution in [2.24, 2.45) is 0 Å². The lowest BCUT2D eigenvalue weighted by atomic mass is 9.97. The predicted octanol–water partition coefficient (Wildman–Crippen LogP) is 7.25. The summed E-state index contributed by atoms with van der Waals surface area (Å²) in [6, 6.07) is 10.7. The molecule has 3 aromatic rings. The largest absolute Gasteiger partial charge is 0.483 e. The molecule has 2 N–H and O–H groups in total. The molecule has 0 radical (unpaired) electrons. The predicted molar refractivity (Wildman–Crippen MR) is 197 cm³/mol. The third-order valence-corrected chi connectivity index (χ3v) is 10.2. The van der Waals surface area contributed by atoms with Crippen molar-refractivity contribution in [1.82, 2.24) is 14.7 Å². The van der Waals surface area contributed by atoms with Crippen LogP contribution < -0.4 is 10.1 Å². The highest BCUT2D eigenvalue weighted by Crippen LogP contribution is 2.40. The van der Waals surface area contributed by atoms with E-state index in [0.29, 0.717) is 50.0 Å². The number of anilines is 1. The first-order valence-corrected chi connectivity index (χ1v) is 18.0. The number of ether oxygens (including phenoxy) is 1. The number of rotatable bonds is 11. The lowest BCUT2D eigenvalue weighted by molar-refractivity contribution is -0.143. The van der Waals surface area contributed by atoms with Crippen molar-refractivity contribution in [3.05, 3.63) is 87.8 Å². The molecule has 0 bridgehead atoms. The number of alkyl halides is 6. The molecular formula is C37H34F6N4O6S2. The summed E-state index contributed by atoms with van der Waals surface area (Å²) >= 11 is 6.25. The number of carbonyl (C=O) groups is 4. The van der Waals surface area contributed by atoms with E-state index < -0.39 is 53.4 Å².